The molecule has 3 rings (SSSR count). The SMILES string of the molecule is CSC1CCCC(NC(c2cccs2)C2CCCC2)C1. The van der Waals surface area contributed by atoms with E-state index in [1.165, 1.54) is 51.4 Å². The topological polar surface area (TPSA) is 12.0 Å². The van der Waals surface area contributed by atoms with Crippen molar-refractivity contribution in [3.63, 3.8) is 0 Å². The van der Waals surface area contributed by atoms with Crippen LogP contribution >= 0.6 is 23.1 Å². The molecule has 1 aromatic heterocycles. The van der Waals surface area contributed by atoms with Crippen LogP contribution in [0.2, 0.25) is 0 Å². The van der Waals surface area contributed by atoms with Crippen LogP contribution in [0.25, 0.3) is 0 Å². The number of thiophene rings is 1. The van der Waals surface area contributed by atoms with Gasteiger partial charge in [-0.2, -0.15) is 11.8 Å². The molecule has 3 heteroatoms. The van der Waals surface area contributed by atoms with Crippen LogP contribution in [0.1, 0.15) is 62.3 Å². The maximum absolute atomic E-state index is 4.06. The van der Waals surface area contributed by atoms with Gasteiger partial charge < -0.3 is 5.32 Å². The smallest absolute Gasteiger partial charge is 0.0445 e. The van der Waals surface area contributed by atoms with Gasteiger partial charge in [-0.15, -0.1) is 11.3 Å². The molecule has 0 aromatic carbocycles. The van der Waals surface area contributed by atoms with Crippen LogP contribution in [0.5, 0.6) is 0 Å². The molecule has 3 atom stereocenters. The van der Waals surface area contributed by atoms with Crippen LogP contribution in [0, 0.1) is 5.92 Å². The summed E-state index contributed by atoms with van der Waals surface area (Å²) < 4.78 is 0. The summed E-state index contributed by atoms with van der Waals surface area (Å²) in [7, 11) is 0. The van der Waals surface area contributed by atoms with Gasteiger partial charge >= 0.3 is 0 Å². The van der Waals surface area contributed by atoms with Crippen molar-refractivity contribution in [2.24, 2.45) is 5.92 Å². The molecular weight excluding hydrogens is 282 g/mol. The van der Waals surface area contributed by atoms with Gasteiger partial charge in [-0.05, 0) is 55.7 Å². The van der Waals surface area contributed by atoms with Gasteiger partial charge in [0.25, 0.3) is 0 Å². The number of nitrogens with one attached hydrogen (secondary N) is 1. The number of hydrogen-bond donors (Lipinski definition) is 1. The minimum absolute atomic E-state index is 0.628. The molecule has 0 aliphatic heterocycles. The van der Waals surface area contributed by atoms with E-state index in [9.17, 15) is 0 Å². The average Bonchev–Trinajstić information content (AvgIpc) is 3.18. The zero-order valence-electron chi connectivity index (χ0n) is 12.5. The maximum atomic E-state index is 4.06. The van der Waals surface area contributed by atoms with E-state index >= 15 is 0 Å². The predicted molar refractivity (Wildman–Crippen MR) is 91.7 cm³/mol. The van der Waals surface area contributed by atoms with Gasteiger partial charge in [0.15, 0.2) is 0 Å². The summed E-state index contributed by atoms with van der Waals surface area (Å²) in [5.74, 6) is 0.878. The average molecular weight is 310 g/mol. The highest BCUT2D eigenvalue weighted by molar-refractivity contribution is 7.99. The van der Waals surface area contributed by atoms with E-state index in [1.54, 1.807) is 4.88 Å². The lowest BCUT2D eigenvalue weighted by atomic mass is 9.91. The standard InChI is InChI=1S/C17H27NS2/c1-19-15-9-4-8-14(12-15)18-17(13-6-2-3-7-13)16-10-5-11-20-16/h5,10-11,13-15,17-18H,2-4,6-9,12H2,1H3. The Balaban J connectivity index is 1.66. The van der Waals surface area contributed by atoms with E-state index in [-0.39, 0.29) is 0 Å². The molecule has 2 saturated carbocycles. The van der Waals surface area contributed by atoms with Crippen LogP contribution < -0.4 is 5.32 Å². The van der Waals surface area contributed by atoms with Crippen molar-refractivity contribution in [2.45, 2.75) is 68.7 Å². The van der Waals surface area contributed by atoms with E-state index in [4.69, 9.17) is 0 Å². The minimum Gasteiger partial charge on any atom is -0.306 e. The van der Waals surface area contributed by atoms with Crippen molar-refractivity contribution >= 4 is 23.1 Å². The highest BCUT2D eigenvalue weighted by Gasteiger charge is 2.30. The van der Waals surface area contributed by atoms with Crippen molar-refractivity contribution in [1.82, 2.24) is 5.32 Å². The third kappa shape index (κ3) is 3.61. The lowest BCUT2D eigenvalue weighted by Gasteiger charge is -2.34. The molecule has 2 aliphatic carbocycles. The van der Waals surface area contributed by atoms with Gasteiger partial charge in [0.05, 0.1) is 0 Å². The largest absolute Gasteiger partial charge is 0.306 e. The summed E-state index contributed by atoms with van der Waals surface area (Å²) in [6, 6.07) is 5.93. The molecule has 20 heavy (non-hydrogen) atoms. The second-order valence-corrected chi connectivity index (χ2v) is 8.54. The molecule has 0 amide bonds. The van der Waals surface area contributed by atoms with Crippen LogP contribution in [0.15, 0.2) is 17.5 Å². The summed E-state index contributed by atoms with van der Waals surface area (Å²) in [4.78, 5) is 1.57. The van der Waals surface area contributed by atoms with Crippen LogP contribution in [0.3, 0.4) is 0 Å². The minimum atomic E-state index is 0.628. The number of rotatable bonds is 5. The molecule has 2 fully saturated rings. The second-order valence-electron chi connectivity index (χ2n) is 6.43. The zero-order valence-corrected chi connectivity index (χ0v) is 14.1. The van der Waals surface area contributed by atoms with Gasteiger partial charge in [-0.25, -0.2) is 0 Å². The van der Waals surface area contributed by atoms with Crippen LogP contribution in [-0.4, -0.2) is 17.5 Å². The van der Waals surface area contributed by atoms with Crippen molar-refractivity contribution in [3.05, 3.63) is 22.4 Å². The fourth-order valence-corrected chi connectivity index (χ4v) is 5.68. The maximum Gasteiger partial charge on any atom is 0.0445 e. The van der Waals surface area contributed by atoms with E-state index in [0.717, 1.165) is 17.2 Å². The van der Waals surface area contributed by atoms with Gasteiger partial charge in [0.2, 0.25) is 0 Å². The Labute approximate surface area is 131 Å². The first kappa shape index (κ1) is 14.9. The molecule has 1 nitrogen and oxygen atoms in total. The Morgan fingerprint density at radius 2 is 2.05 bits per heavy atom. The Hall–Kier alpha value is 0.01000. The fraction of sp³-hybridized carbons (Fsp3) is 0.765. The Kier molecular flexibility index (Phi) is 5.47. The first-order valence-corrected chi connectivity index (χ1v) is 10.4. The van der Waals surface area contributed by atoms with E-state index < -0.39 is 0 Å². The molecule has 0 radical (unpaired) electrons. The van der Waals surface area contributed by atoms with Crippen molar-refractivity contribution in [1.29, 1.82) is 0 Å². The summed E-state index contributed by atoms with van der Waals surface area (Å²) in [6.07, 6.45) is 13.6. The highest BCUT2D eigenvalue weighted by atomic mass is 32.2. The van der Waals surface area contributed by atoms with E-state index in [0.29, 0.717) is 6.04 Å². The third-order valence-corrected chi connectivity index (χ3v) is 7.15. The summed E-state index contributed by atoms with van der Waals surface area (Å²) >= 11 is 4.01. The molecule has 1 aromatic rings. The summed E-state index contributed by atoms with van der Waals surface area (Å²) in [6.45, 7) is 0. The van der Waals surface area contributed by atoms with Gasteiger partial charge in [0, 0.05) is 22.2 Å². The fourth-order valence-electron chi connectivity index (χ4n) is 3.97. The Morgan fingerprint density at radius 1 is 1.20 bits per heavy atom. The monoisotopic (exact) mass is 309 g/mol. The Bertz CT molecular complexity index is 384. The van der Waals surface area contributed by atoms with Gasteiger partial charge in [-0.1, -0.05) is 25.3 Å². The lowest BCUT2D eigenvalue weighted by Crippen LogP contribution is -2.39. The summed E-state index contributed by atoms with van der Waals surface area (Å²) in [5.41, 5.74) is 0. The summed E-state index contributed by atoms with van der Waals surface area (Å²) in [5, 5.41) is 7.19. The number of thioether (sulfide) groups is 1. The first-order chi connectivity index (χ1) is 9.86. The molecule has 1 N–H and O–H groups in total. The molecule has 0 saturated heterocycles. The van der Waals surface area contributed by atoms with Crippen molar-refractivity contribution in [2.75, 3.05) is 6.26 Å². The van der Waals surface area contributed by atoms with Crippen molar-refractivity contribution < 1.29 is 0 Å². The Morgan fingerprint density at radius 3 is 2.75 bits per heavy atom. The molecule has 2 aliphatic rings. The van der Waals surface area contributed by atoms with Gasteiger partial charge in [0.1, 0.15) is 0 Å². The second kappa shape index (κ2) is 7.33. The molecule has 3 unspecified atom stereocenters. The van der Waals surface area contributed by atoms with Crippen molar-refractivity contribution in [3.8, 4) is 0 Å². The number of hydrogen-bond acceptors (Lipinski definition) is 3. The lowest BCUT2D eigenvalue weighted by molar-refractivity contribution is 0.289. The van der Waals surface area contributed by atoms with E-state index in [1.807, 2.05) is 11.3 Å². The molecule has 0 spiro atoms. The molecule has 112 valence electrons. The zero-order chi connectivity index (χ0) is 13.8. The highest BCUT2D eigenvalue weighted by Crippen LogP contribution is 2.39. The molecule has 1 heterocycles. The molecule has 0 bridgehead atoms. The van der Waals surface area contributed by atoms with E-state index in [2.05, 4.69) is 40.8 Å². The molecular formula is C17H27NS2. The van der Waals surface area contributed by atoms with Gasteiger partial charge in [-0.3, -0.25) is 0 Å². The predicted octanol–water partition coefficient (Wildman–Crippen LogP) is 5.24. The van der Waals surface area contributed by atoms with Crippen LogP contribution in [-0.2, 0) is 0 Å². The van der Waals surface area contributed by atoms with Crippen LogP contribution in [0.4, 0.5) is 0 Å². The third-order valence-electron chi connectivity index (χ3n) is 5.10. The quantitative estimate of drug-likeness (QED) is 0.798. The first-order valence-electron chi connectivity index (χ1n) is 8.19. The normalized spacial score (nSPS) is 29.6.